The first-order chi connectivity index (χ1) is 12.4. The molecule has 0 unspecified atom stereocenters. The van der Waals surface area contributed by atoms with Gasteiger partial charge in [-0.1, -0.05) is 36.4 Å². The Morgan fingerprint density at radius 1 is 1.23 bits per heavy atom. The van der Waals surface area contributed by atoms with Crippen LogP contribution in [-0.4, -0.2) is 53.7 Å². The van der Waals surface area contributed by atoms with Gasteiger partial charge in [0.25, 0.3) is 0 Å². The van der Waals surface area contributed by atoms with Gasteiger partial charge in [0.2, 0.25) is 5.60 Å². The van der Waals surface area contributed by atoms with Gasteiger partial charge >= 0.3 is 12.1 Å². The highest BCUT2D eigenvalue weighted by atomic mass is 16.6. The molecular weight excluding hydrogens is 338 g/mol. The summed E-state index contributed by atoms with van der Waals surface area (Å²) in [4.78, 5) is 39.5. The number of carbonyl (C=O) groups is 3. The van der Waals surface area contributed by atoms with Crippen molar-refractivity contribution >= 4 is 17.8 Å². The molecule has 1 amide bonds. The van der Waals surface area contributed by atoms with Crippen LogP contribution in [0.5, 0.6) is 0 Å². The highest BCUT2D eigenvalue weighted by molar-refractivity contribution is 6.00. The Labute approximate surface area is 150 Å². The van der Waals surface area contributed by atoms with Gasteiger partial charge in [0.1, 0.15) is 12.6 Å². The molecule has 0 N–H and O–H groups in total. The van der Waals surface area contributed by atoms with Gasteiger partial charge in [0, 0.05) is 6.42 Å². The number of hydrogen-bond donors (Lipinski definition) is 0. The van der Waals surface area contributed by atoms with Crippen LogP contribution in [0.15, 0.2) is 42.5 Å². The van der Waals surface area contributed by atoms with Gasteiger partial charge in [-0.3, -0.25) is 9.69 Å². The number of carbonyl (C=O) groups excluding carboxylic acids is 3. The van der Waals surface area contributed by atoms with Crippen molar-refractivity contribution in [3.63, 3.8) is 0 Å². The Morgan fingerprint density at radius 2 is 1.96 bits per heavy atom. The Balaban J connectivity index is 1.81. The number of methoxy groups -OCH3 is 1. The number of benzene rings is 1. The van der Waals surface area contributed by atoms with Crippen molar-refractivity contribution < 1.29 is 28.6 Å². The molecule has 0 saturated carbocycles. The molecule has 2 fully saturated rings. The standard InChI is InChI=1S/C19H19NO6/c1-18-8-9-19(26-18,16(22)24-2)15(14(21)10-18)20-13(11-25-17(20)23)12-6-4-3-5-7-12/h3-9,13,15H,10-11H2,1-2H3/t13-,15+,18-,19+/m0/s1. The zero-order chi connectivity index (χ0) is 18.5. The van der Waals surface area contributed by atoms with Crippen LogP contribution in [0.2, 0.25) is 0 Å². The average Bonchev–Trinajstić information content (AvgIpc) is 3.14. The number of ether oxygens (including phenoxy) is 3. The zero-order valence-corrected chi connectivity index (χ0v) is 14.5. The first-order valence-corrected chi connectivity index (χ1v) is 8.42. The number of nitrogens with zero attached hydrogens (tertiary/aromatic N) is 1. The summed E-state index contributed by atoms with van der Waals surface area (Å²) in [5, 5.41) is 0. The predicted octanol–water partition coefficient (Wildman–Crippen LogP) is 1.78. The van der Waals surface area contributed by atoms with Gasteiger partial charge in [0.05, 0.1) is 18.8 Å². The summed E-state index contributed by atoms with van der Waals surface area (Å²) in [6, 6.07) is 7.64. The van der Waals surface area contributed by atoms with E-state index < -0.39 is 35.3 Å². The van der Waals surface area contributed by atoms with Crippen molar-refractivity contribution in [1.82, 2.24) is 4.90 Å². The molecule has 1 aromatic carbocycles. The number of Topliss-reactive ketones (excluding diaryl/α,β-unsaturated/α-hetero) is 1. The molecule has 1 aromatic rings. The number of rotatable bonds is 3. The third-order valence-electron chi connectivity index (χ3n) is 5.20. The van der Waals surface area contributed by atoms with Crippen molar-refractivity contribution in [3.8, 4) is 0 Å². The topological polar surface area (TPSA) is 82.1 Å². The third kappa shape index (κ3) is 2.27. The summed E-state index contributed by atoms with van der Waals surface area (Å²) >= 11 is 0. The molecule has 7 nitrogen and oxygen atoms in total. The fourth-order valence-electron chi connectivity index (χ4n) is 4.07. The minimum Gasteiger partial charge on any atom is -0.467 e. The SMILES string of the molecule is COC(=O)[C@@]12C=C[C@@](C)(CC(=O)[C@H]1N1C(=O)OC[C@H]1c1ccccc1)O2. The maximum absolute atomic E-state index is 13.0. The lowest BCUT2D eigenvalue weighted by Gasteiger charge is -2.45. The van der Waals surface area contributed by atoms with Gasteiger partial charge in [-0.2, -0.15) is 0 Å². The molecule has 2 bridgehead atoms. The van der Waals surface area contributed by atoms with E-state index in [1.54, 1.807) is 19.1 Å². The third-order valence-corrected chi connectivity index (χ3v) is 5.20. The molecule has 2 saturated heterocycles. The maximum atomic E-state index is 13.0. The van der Waals surface area contributed by atoms with E-state index in [2.05, 4.69) is 0 Å². The van der Waals surface area contributed by atoms with Crippen molar-refractivity contribution in [2.45, 2.75) is 36.6 Å². The fraction of sp³-hybridized carbons (Fsp3) is 0.421. The second-order valence-corrected chi connectivity index (χ2v) is 6.99. The molecule has 4 rings (SSSR count). The van der Waals surface area contributed by atoms with Crippen molar-refractivity contribution in [1.29, 1.82) is 0 Å². The van der Waals surface area contributed by atoms with Crippen LogP contribution in [0, 0.1) is 0 Å². The fourth-order valence-corrected chi connectivity index (χ4v) is 4.07. The zero-order valence-electron chi connectivity index (χ0n) is 14.5. The number of amides is 1. The largest absolute Gasteiger partial charge is 0.467 e. The summed E-state index contributed by atoms with van der Waals surface area (Å²) in [6.07, 6.45) is 2.66. The van der Waals surface area contributed by atoms with E-state index >= 15 is 0 Å². The minimum atomic E-state index is -1.66. The summed E-state index contributed by atoms with van der Waals surface area (Å²) in [7, 11) is 1.23. The molecule has 136 valence electrons. The number of esters is 1. The van der Waals surface area contributed by atoms with Gasteiger partial charge in [-0.25, -0.2) is 9.59 Å². The number of fused-ring (bicyclic) bond motifs is 2. The predicted molar refractivity (Wildman–Crippen MR) is 89.2 cm³/mol. The molecule has 0 aromatic heterocycles. The van der Waals surface area contributed by atoms with Crippen LogP contribution in [0.3, 0.4) is 0 Å². The molecule has 7 heteroatoms. The molecule has 3 heterocycles. The lowest BCUT2D eigenvalue weighted by Crippen LogP contribution is -2.66. The van der Waals surface area contributed by atoms with E-state index in [4.69, 9.17) is 14.2 Å². The molecular formula is C19H19NO6. The highest BCUT2D eigenvalue weighted by Crippen LogP contribution is 2.47. The lowest BCUT2D eigenvalue weighted by molar-refractivity contribution is -0.194. The summed E-state index contributed by atoms with van der Waals surface area (Å²) in [5.74, 6) is -0.962. The second-order valence-electron chi connectivity index (χ2n) is 6.99. The van der Waals surface area contributed by atoms with Crippen LogP contribution >= 0.6 is 0 Å². The molecule has 3 aliphatic rings. The Kier molecular flexibility index (Phi) is 3.66. The first-order valence-electron chi connectivity index (χ1n) is 8.42. The van der Waals surface area contributed by atoms with E-state index in [1.165, 1.54) is 12.0 Å². The number of hydrogen-bond acceptors (Lipinski definition) is 6. The number of cyclic esters (lactones) is 1. The Hall–Kier alpha value is -2.67. The summed E-state index contributed by atoms with van der Waals surface area (Å²) in [5.41, 5.74) is -1.72. The van der Waals surface area contributed by atoms with Crippen molar-refractivity contribution in [2.24, 2.45) is 0 Å². The van der Waals surface area contributed by atoms with Crippen LogP contribution in [0.4, 0.5) is 4.79 Å². The van der Waals surface area contributed by atoms with E-state index in [9.17, 15) is 14.4 Å². The molecule has 0 radical (unpaired) electrons. The van der Waals surface area contributed by atoms with Crippen LogP contribution in [-0.2, 0) is 23.8 Å². The number of ketones is 1. The van der Waals surface area contributed by atoms with Gasteiger partial charge in [-0.05, 0) is 18.6 Å². The van der Waals surface area contributed by atoms with Crippen LogP contribution < -0.4 is 0 Å². The van der Waals surface area contributed by atoms with E-state index in [1.807, 2.05) is 30.3 Å². The molecule has 0 spiro atoms. The molecule has 4 atom stereocenters. The average molecular weight is 357 g/mol. The summed E-state index contributed by atoms with van der Waals surface area (Å²) in [6.45, 7) is 1.84. The Morgan fingerprint density at radius 3 is 2.65 bits per heavy atom. The van der Waals surface area contributed by atoms with E-state index in [0.717, 1.165) is 5.56 Å². The van der Waals surface area contributed by atoms with Gasteiger partial charge in [-0.15, -0.1) is 0 Å². The van der Waals surface area contributed by atoms with Gasteiger partial charge in [0.15, 0.2) is 5.78 Å². The lowest BCUT2D eigenvalue weighted by atomic mass is 9.84. The molecule has 0 aliphatic carbocycles. The maximum Gasteiger partial charge on any atom is 0.411 e. The normalized spacial score (nSPS) is 35.5. The second kappa shape index (κ2) is 5.67. The molecule has 26 heavy (non-hydrogen) atoms. The highest BCUT2D eigenvalue weighted by Gasteiger charge is 2.65. The first kappa shape index (κ1) is 16.8. The summed E-state index contributed by atoms with van der Waals surface area (Å²) < 4.78 is 16.1. The molecule has 3 aliphatic heterocycles. The van der Waals surface area contributed by atoms with E-state index in [-0.39, 0.29) is 18.8 Å². The minimum absolute atomic E-state index is 0.0677. The van der Waals surface area contributed by atoms with Gasteiger partial charge < -0.3 is 14.2 Å². The monoisotopic (exact) mass is 357 g/mol. The van der Waals surface area contributed by atoms with Crippen molar-refractivity contribution in [2.75, 3.05) is 13.7 Å². The smallest absolute Gasteiger partial charge is 0.411 e. The van der Waals surface area contributed by atoms with Crippen LogP contribution in [0.1, 0.15) is 24.9 Å². The van der Waals surface area contributed by atoms with Crippen LogP contribution in [0.25, 0.3) is 0 Å². The van der Waals surface area contributed by atoms with Crippen molar-refractivity contribution in [3.05, 3.63) is 48.0 Å². The Bertz CT molecular complexity index is 806. The van der Waals surface area contributed by atoms with E-state index in [0.29, 0.717) is 0 Å². The quantitative estimate of drug-likeness (QED) is 0.606.